The minimum Gasteiger partial charge on any atom is -0.0626 e. The Kier molecular flexibility index (Phi) is 6.81. The van der Waals surface area contributed by atoms with Crippen LogP contribution in [-0.4, -0.2) is 9.52 Å². The fraction of sp³-hybridized carbons (Fsp3) is 0.222. The molecular weight excluding hydrogens is 460 g/mol. The molecule has 1 heteroatoms. The summed E-state index contributed by atoms with van der Waals surface area (Å²) in [6.45, 7) is 4.68. The van der Waals surface area contributed by atoms with Gasteiger partial charge in [0.05, 0.1) is 0 Å². The van der Waals surface area contributed by atoms with Crippen molar-refractivity contribution < 1.29 is 0 Å². The average molecular weight is 497 g/mol. The number of allylic oxidation sites excluding steroid dienone is 2. The van der Waals surface area contributed by atoms with E-state index in [-0.39, 0.29) is 9.52 Å². The van der Waals surface area contributed by atoms with Crippen molar-refractivity contribution in [1.29, 1.82) is 0 Å². The van der Waals surface area contributed by atoms with Crippen molar-refractivity contribution in [3.63, 3.8) is 0 Å². The maximum atomic E-state index is 2.52. The fourth-order valence-corrected chi connectivity index (χ4v) is 9.13. The fourth-order valence-electron chi connectivity index (χ4n) is 6.71. The van der Waals surface area contributed by atoms with Crippen LogP contribution in [-0.2, 0) is 0 Å². The Balaban J connectivity index is 1.24. The van der Waals surface area contributed by atoms with Gasteiger partial charge in [0, 0.05) is 21.4 Å². The van der Waals surface area contributed by atoms with Crippen molar-refractivity contribution >= 4 is 21.7 Å². The Bertz CT molecular complexity index is 1350. The largest absolute Gasteiger partial charge is 0.0626 e. The van der Waals surface area contributed by atoms with Crippen LogP contribution in [0.15, 0.2) is 108 Å². The minimum absolute atomic E-state index is 0.241. The lowest BCUT2D eigenvalue weighted by Gasteiger charge is -2.20. The van der Waals surface area contributed by atoms with Crippen LogP contribution in [0.5, 0.6) is 0 Å². The van der Waals surface area contributed by atoms with Crippen molar-refractivity contribution in [2.45, 2.75) is 50.6 Å². The van der Waals surface area contributed by atoms with E-state index in [1.165, 1.54) is 45.5 Å². The molecule has 0 heterocycles. The van der Waals surface area contributed by atoms with Crippen molar-refractivity contribution in [3.8, 4) is 22.3 Å². The Morgan fingerprint density at radius 1 is 0.514 bits per heavy atom. The second-order valence-electron chi connectivity index (χ2n) is 10.5. The van der Waals surface area contributed by atoms with Gasteiger partial charge in [-0.25, -0.2) is 0 Å². The van der Waals surface area contributed by atoms with Gasteiger partial charge in [-0.05, 0) is 57.3 Å². The Morgan fingerprint density at radius 3 is 1.35 bits per heavy atom. The van der Waals surface area contributed by atoms with Crippen LogP contribution in [0, 0.1) is 0 Å². The van der Waals surface area contributed by atoms with Crippen LogP contribution >= 0.6 is 0 Å². The SMILES string of the molecule is CCC1=Cc2c(-c3ccccc3)cccc2C1C[SiH2]CC1C(CC)=Cc2c(-c3ccccc3)cccc21. The highest BCUT2D eigenvalue weighted by molar-refractivity contribution is 6.36. The van der Waals surface area contributed by atoms with E-state index >= 15 is 0 Å². The highest BCUT2D eigenvalue weighted by Gasteiger charge is 2.29. The first-order valence-electron chi connectivity index (χ1n) is 14.1. The van der Waals surface area contributed by atoms with Crippen molar-refractivity contribution in [1.82, 2.24) is 0 Å². The smallest absolute Gasteiger partial charge is 0.0218 e. The highest BCUT2D eigenvalue weighted by atomic mass is 28.2. The van der Waals surface area contributed by atoms with Crippen molar-refractivity contribution in [3.05, 3.63) is 130 Å². The lowest BCUT2D eigenvalue weighted by atomic mass is 9.92. The lowest BCUT2D eigenvalue weighted by molar-refractivity contribution is 0.830. The van der Waals surface area contributed by atoms with Gasteiger partial charge >= 0.3 is 0 Å². The molecular formula is C36H36Si. The molecule has 4 aromatic carbocycles. The first-order chi connectivity index (χ1) is 18.3. The Labute approximate surface area is 224 Å². The van der Waals surface area contributed by atoms with Crippen molar-refractivity contribution in [2.24, 2.45) is 0 Å². The van der Waals surface area contributed by atoms with Gasteiger partial charge in [0.2, 0.25) is 0 Å². The number of hydrogen-bond donors (Lipinski definition) is 0. The predicted octanol–water partition coefficient (Wildman–Crippen LogP) is 9.51. The first-order valence-corrected chi connectivity index (χ1v) is 16.1. The van der Waals surface area contributed by atoms with Gasteiger partial charge in [0.25, 0.3) is 0 Å². The molecule has 0 aliphatic heterocycles. The van der Waals surface area contributed by atoms with E-state index < -0.39 is 0 Å². The monoisotopic (exact) mass is 496 g/mol. The Hall–Kier alpha value is -3.42. The topological polar surface area (TPSA) is 0 Å². The predicted molar refractivity (Wildman–Crippen MR) is 164 cm³/mol. The summed E-state index contributed by atoms with van der Waals surface area (Å²) in [7, 11) is -0.241. The van der Waals surface area contributed by atoms with E-state index in [2.05, 4.69) is 123 Å². The zero-order chi connectivity index (χ0) is 25.2. The molecule has 2 aliphatic carbocycles. The van der Waals surface area contributed by atoms with Crippen LogP contribution in [0.4, 0.5) is 0 Å². The summed E-state index contributed by atoms with van der Waals surface area (Å²) in [6.07, 6.45) is 7.33. The summed E-state index contributed by atoms with van der Waals surface area (Å²) < 4.78 is 0. The van der Waals surface area contributed by atoms with E-state index in [0.717, 1.165) is 12.8 Å². The molecule has 0 aromatic heterocycles. The summed E-state index contributed by atoms with van der Waals surface area (Å²) in [5.74, 6) is 1.22. The number of benzene rings is 4. The Morgan fingerprint density at radius 2 is 0.946 bits per heavy atom. The molecule has 0 saturated heterocycles. The molecule has 0 bridgehead atoms. The maximum absolute atomic E-state index is 2.52. The molecule has 0 saturated carbocycles. The van der Waals surface area contributed by atoms with Gasteiger partial charge in [-0.1, -0.05) is 146 Å². The van der Waals surface area contributed by atoms with E-state index in [4.69, 9.17) is 0 Å². The standard InChI is InChI=1S/C36H36Si/c1-3-25-21-33-29(27-13-7-5-8-14-27)17-11-19-31(33)35(25)23-37-24-36-26(4-2)22-34-30(18-12-20-32(34)36)28-15-9-6-10-16-28/h5-22,35-36H,3-4,23-24,37H2,1-2H3. The third kappa shape index (κ3) is 4.47. The number of rotatable bonds is 8. The van der Waals surface area contributed by atoms with Gasteiger partial charge in [0.1, 0.15) is 0 Å². The third-order valence-electron chi connectivity index (χ3n) is 8.56. The molecule has 2 aliphatic rings. The maximum Gasteiger partial charge on any atom is 0.0218 e. The summed E-state index contributed by atoms with van der Waals surface area (Å²) in [4.78, 5) is 0. The first kappa shape index (κ1) is 23.9. The zero-order valence-corrected chi connectivity index (χ0v) is 23.5. The van der Waals surface area contributed by atoms with Crippen molar-refractivity contribution in [2.75, 3.05) is 0 Å². The van der Waals surface area contributed by atoms with Gasteiger partial charge in [-0.15, -0.1) is 0 Å². The molecule has 184 valence electrons. The second-order valence-corrected chi connectivity index (χ2v) is 12.4. The summed E-state index contributed by atoms with van der Waals surface area (Å²) >= 11 is 0. The molecule has 0 nitrogen and oxygen atoms in total. The second kappa shape index (κ2) is 10.5. The van der Waals surface area contributed by atoms with Crippen LogP contribution < -0.4 is 0 Å². The third-order valence-corrected chi connectivity index (χ3v) is 10.5. The van der Waals surface area contributed by atoms with Crippen LogP contribution in [0.1, 0.15) is 60.8 Å². The quantitative estimate of drug-likeness (QED) is 0.213. The highest BCUT2D eigenvalue weighted by Crippen LogP contribution is 2.47. The molecule has 37 heavy (non-hydrogen) atoms. The lowest BCUT2D eigenvalue weighted by Crippen LogP contribution is -2.08. The van der Waals surface area contributed by atoms with Crippen LogP contribution in [0.25, 0.3) is 34.4 Å². The van der Waals surface area contributed by atoms with Gasteiger partial charge in [-0.2, -0.15) is 0 Å². The van der Waals surface area contributed by atoms with E-state index in [1.807, 2.05) is 0 Å². The molecule has 0 radical (unpaired) electrons. The van der Waals surface area contributed by atoms with Gasteiger partial charge in [0.15, 0.2) is 0 Å². The molecule has 0 spiro atoms. The molecule has 0 amide bonds. The number of fused-ring (bicyclic) bond motifs is 2. The average Bonchev–Trinajstić information content (AvgIpc) is 3.51. The molecule has 2 unspecified atom stereocenters. The molecule has 0 fully saturated rings. The summed E-state index contributed by atoms with van der Waals surface area (Å²) in [5.41, 5.74) is 14.8. The summed E-state index contributed by atoms with van der Waals surface area (Å²) in [6, 6.07) is 38.5. The van der Waals surface area contributed by atoms with E-state index in [0.29, 0.717) is 11.8 Å². The molecule has 2 atom stereocenters. The van der Waals surface area contributed by atoms with E-state index in [1.54, 1.807) is 22.3 Å². The molecule has 0 N–H and O–H groups in total. The molecule has 4 aromatic rings. The zero-order valence-electron chi connectivity index (χ0n) is 22.1. The van der Waals surface area contributed by atoms with Gasteiger partial charge in [-0.3, -0.25) is 0 Å². The van der Waals surface area contributed by atoms with Gasteiger partial charge < -0.3 is 0 Å². The van der Waals surface area contributed by atoms with Crippen LogP contribution in [0.3, 0.4) is 0 Å². The summed E-state index contributed by atoms with van der Waals surface area (Å²) in [5, 5.41) is 0. The van der Waals surface area contributed by atoms with E-state index in [9.17, 15) is 0 Å². The normalized spacial score (nSPS) is 18.1. The van der Waals surface area contributed by atoms with Crippen LogP contribution in [0.2, 0.25) is 12.1 Å². The minimum atomic E-state index is -0.241. The number of hydrogen-bond acceptors (Lipinski definition) is 0. The molecule has 6 rings (SSSR count).